The van der Waals surface area contributed by atoms with Crippen LogP contribution < -0.4 is 0 Å². The topological polar surface area (TPSA) is 118 Å². The maximum absolute atomic E-state index is 14.7. The molecule has 0 aromatic carbocycles. The summed E-state index contributed by atoms with van der Waals surface area (Å²) < 4.78 is 29.0. The lowest BCUT2D eigenvalue weighted by molar-refractivity contribution is -0.258. The van der Waals surface area contributed by atoms with Crippen LogP contribution in [0.15, 0.2) is 35.2 Å². The quantitative estimate of drug-likeness (QED) is 0.323. The number of carbonyl (C=O) groups is 4. The van der Waals surface area contributed by atoms with Crippen molar-refractivity contribution in [1.82, 2.24) is 0 Å². The fourth-order valence-electron chi connectivity index (χ4n) is 8.07. The molecule has 8 atom stereocenters. The molecule has 2 aliphatic heterocycles. The van der Waals surface area contributed by atoms with Crippen LogP contribution in [0.4, 0.5) is 0 Å². The molecule has 0 amide bonds. The third-order valence-electron chi connectivity index (χ3n) is 10.2. The molecule has 9 heteroatoms. The van der Waals surface area contributed by atoms with Gasteiger partial charge in [-0.1, -0.05) is 27.4 Å². The molecular formula is C29H36O9. The van der Waals surface area contributed by atoms with Gasteiger partial charge in [-0.3, -0.25) is 19.2 Å². The summed E-state index contributed by atoms with van der Waals surface area (Å²) in [5.41, 5.74) is -2.62. The normalized spacial score (nSPS) is 41.4. The molecule has 1 spiro atoms. The van der Waals surface area contributed by atoms with Gasteiger partial charge >= 0.3 is 17.9 Å². The highest BCUT2D eigenvalue weighted by Crippen LogP contribution is 2.70. The molecule has 1 unspecified atom stereocenters. The summed E-state index contributed by atoms with van der Waals surface area (Å²) in [6.45, 7) is 13.3. The lowest BCUT2D eigenvalue weighted by Crippen LogP contribution is -2.65. The Morgan fingerprint density at radius 2 is 1.89 bits per heavy atom. The van der Waals surface area contributed by atoms with Crippen molar-refractivity contribution in [3.63, 3.8) is 0 Å². The van der Waals surface area contributed by atoms with Gasteiger partial charge in [0.25, 0.3) is 0 Å². The predicted molar refractivity (Wildman–Crippen MR) is 132 cm³/mol. The summed E-state index contributed by atoms with van der Waals surface area (Å²) in [5, 5.41) is 0. The predicted octanol–water partition coefficient (Wildman–Crippen LogP) is 4.10. The Morgan fingerprint density at radius 1 is 1.18 bits per heavy atom. The molecule has 1 aromatic heterocycles. The average Bonchev–Trinajstić information content (AvgIpc) is 3.43. The van der Waals surface area contributed by atoms with Crippen molar-refractivity contribution >= 4 is 23.7 Å². The van der Waals surface area contributed by atoms with Gasteiger partial charge in [0.2, 0.25) is 0 Å². The smallest absolute Gasteiger partial charge is 0.309 e. The molecule has 3 heterocycles. The van der Waals surface area contributed by atoms with E-state index < -0.39 is 69.9 Å². The number of carbonyl (C=O) groups excluding carboxylic acids is 4. The second-order valence-electron chi connectivity index (χ2n) is 12.4. The molecule has 4 fully saturated rings. The number of Topliss-reactive ketones (excluding diaryl/α,β-unsaturated/α-hetero) is 1. The van der Waals surface area contributed by atoms with Crippen LogP contribution in [0, 0.1) is 28.1 Å². The molecule has 4 aliphatic rings. The second-order valence-corrected chi connectivity index (χ2v) is 12.4. The number of ketones is 1. The minimum absolute atomic E-state index is 0.0491. The van der Waals surface area contributed by atoms with E-state index in [0.29, 0.717) is 17.6 Å². The van der Waals surface area contributed by atoms with Crippen molar-refractivity contribution in [2.24, 2.45) is 28.1 Å². The average molecular weight is 529 g/mol. The Hall–Kier alpha value is -2.94. The largest absolute Gasteiger partial charge is 0.472 e. The Labute approximate surface area is 222 Å². The molecule has 206 valence electrons. The summed E-state index contributed by atoms with van der Waals surface area (Å²) in [4.78, 5) is 52.6. The van der Waals surface area contributed by atoms with Crippen molar-refractivity contribution in [1.29, 1.82) is 0 Å². The molecule has 5 rings (SSSR count). The number of hydrogen-bond acceptors (Lipinski definition) is 9. The van der Waals surface area contributed by atoms with Crippen LogP contribution in [0.1, 0.15) is 72.0 Å². The number of methoxy groups -OCH3 is 1. The second kappa shape index (κ2) is 8.53. The van der Waals surface area contributed by atoms with E-state index in [1.807, 2.05) is 27.7 Å². The van der Waals surface area contributed by atoms with E-state index in [4.69, 9.17) is 23.4 Å². The zero-order valence-corrected chi connectivity index (χ0v) is 22.8. The summed E-state index contributed by atoms with van der Waals surface area (Å²) in [6, 6.07) is 1.75. The van der Waals surface area contributed by atoms with E-state index in [1.165, 1.54) is 20.3 Å². The number of hydrogen-bond donors (Lipinski definition) is 0. The van der Waals surface area contributed by atoms with Crippen molar-refractivity contribution in [2.75, 3.05) is 7.11 Å². The maximum atomic E-state index is 14.7. The number of rotatable bonds is 4. The van der Waals surface area contributed by atoms with Crippen LogP contribution in [0.25, 0.3) is 0 Å². The minimum atomic E-state index is -1.19. The third kappa shape index (κ3) is 3.39. The van der Waals surface area contributed by atoms with E-state index in [-0.39, 0.29) is 25.0 Å². The van der Waals surface area contributed by atoms with Gasteiger partial charge in [0.05, 0.1) is 44.0 Å². The molecule has 1 aromatic rings. The van der Waals surface area contributed by atoms with E-state index in [1.54, 1.807) is 12.3 Å². The molecule has 9 nitrogen and oxygen atoms in total. The van der Waals surface area contributed by atoms with Crippen molar-refractivity contribution in [2.45, 2.75) is 84.2 Å². The molecule has 2 saturated heterocycles. The van der Waals surface area contributed by atoms with Gasteiger partial charge in [-0.15, -0.1) is 0 Å². The first-order chi connectivity index (χ1) is 17.7. The van der Waals surface area contributed by atoms with Crippen LogP contribution in [0.2, 0.25) is 0 Å². The number of ether oxygens (including phenoxy) is 4. The van der Waals surface area contributed by atoms with E-state index in [9.17, 15) is 19.2 Å². The van der Waals surface area contributed by atoms with Crippen molar-refractivity contribution in [3.05, 3.63) is 36.3 Å². The molecular weight excluding hydrogens is 492 g/mol. The van der Waals surface area contributed by atoms with Crippen LogP contribution >= 0.6 is 0 Å². The standard InChI is InChI=1S/C29H36O9/c1-15-18-12-27(5)25(17-8-9-35-14-17)37-23(32)13-29(15,27)38-21-11-20(36-16(2)30)26(3,4)19(10-22(31)34-7)28(21,6)24(18)33/h8-9,14,18-21,25H,1,10-13H2,2-7H3/t18?,19-,20+,21-,25-,27-,28+,29-/m0/s1. The Morgan fingerprint density at radius 3 is 2.50 bits per heavy atom. The van der Waals surface area contributed by atoms with Crippen LogP contribution in [0.3, 0.4) is 0 Å². The van der Waals surface area contributed by atoms with Crippen molar-refractivity contribution in [3.8, 4) is 0 Å². The van der Waals surface area contributed by atoms with Crippen LogP contribution in [0.5, 0.6) is 0 Å². The Kier molecular flexibility index (Phi) is 5.98. The summed E-state index contributed by atoms with van der Waals surface area (Å²) in [6.07, 6.45) is 1.44. The Bertz CT molecular complexity index is 1200. The highest BCUT2D eigenvalue weighted by Gasteiger charge is 2.75. The number of fused-ring (bicyclic) bond motifs is 2. The van der Waals surface area contributed by atoms with Gasteiger partial charge in [-0.05, 0) is 30.9 Å². The van der Waals surface area contributed by atoms with Gasteiger partial charge in [0.15, 0.2) is 0 Å². The number of esters is 3. The molecule has 2 aliphatic carbocycles. The fraction of sp³-hybridized carbons (Fsp3) is 0.655. The monoisotopic (exact) mass is 528 g/mol. The van der Waals surface area contributed by atoms with E-state index >= 15 is 0 Å². The third-order valence-corrected chi connectivity index (χ3v) is 10.2. The highest BCUT2D eigenvalue weighted by atomic mass is 16.6. The number of cyclic esters (lactones) is 1. The minimum Gasteiger partial charge on any atom is -0.472 e. The Balaban J connectivity index is 1.67. The molecule has 38 heavy (non-hydrogen) atoms. The van der Waals surface area contributed by atoms with Crippen LogP contribution in [-0.4, -0.2) is 48.6 Å². The highest BCUT2D eigenvalue weighted by molar-refractivity contribution is 5.93. The SMILES string of the molecule is C=C1C2C[C@@]3(C)[C@H](c4ccoc4)OC(=O)C[C@]13O[C@H]1C[C@@H](OC(C)=O)C(C)(C)[C@H](CC(=O)OC)[C@@]1(C)C2=O. The lowest BCUT2D eigenvalue weighted by Gasteiger charge is -2.59. The van der Waals surface area contributed by atoms with Gasteiger partial charge in [-0.2, -0.15) is 0 Å². The molecule has 0 N–H and O–H groups in total. The fourth-order valence-corrected chi connectivity index (χ4v) is 8.07. The van der Waals surface area contributed by atoms with Crippen molar-refractivity contribution < 1.29 is 42.5 Å². The van der Waals surface area contributed by atoms with Gasteiger partial charge < -0.3 is 23.4 Å². The summed E-state index contributed by atoms with van der Waals surface area (Å²) >= 11 is 0. The first-order valence-electron chi connectivity index (χ1n) is 13.1. The van der Waals surface area contributed by atoms with Crippen LogP contribution in [-0.2, 0) is 38.1 Å². The van der Waals surface area contributed by atoms with Gasteiger partial charge in [0, 0.05) is 35.7 Å². The number of furan rings is 1. The van der Waals surface area contributed by atoms with Gasteiger partial charge in [-0.25, -0.2) is 0 Å². The van der Waals surface area contributed by atoms with E-state index in [2.05, 4.69) is 6.58 Å². The first kappa shape index (κ1) is 26.7. The van der Waals surface area contributed by atoms with E-state index in [0.717, 1.165) is 0 Å². The zero-order valence-electron chi connectivity index (χ0n) is 22.8. The molecule has 2 saturated carbocycles. The van der Waals surface area contributed by atoms with Gasteiger partial charge in [0.1, 0.15) is 23.6 Å². The summed E-state index contributed by atoms with van der Waals surface area (Å²) in [7, 11) is 1.31. The zero-order chi connectivity index (χ0) is 27.8. The summed E-state index contributed by atoms with van der Waals surface area (Å²) in [5.74, 6) is -2.63. The molecule has 0 radical (unpaired) electrons. The first-order valence-corrected chi connectivity index (χ1v) is 13.1. The molecule has 2 bridgehead atoms. The maximum Gasteiger partial charge on any atom is 0.309 e. The lowest BCUT2D eigenvalue weighted by atomic mass is 9.50.